The van der Waals surface area contributed by atoms with Crippen LogP contribution in [0.1, 0.15) is 38.5 Å². The van der Waals surface area contributed by atoms with Gasteiger partial charge in [0.05, 0.1) is 12.1 Å². The highest BCUT2D eigenvalue weighted by atomic mass is 16.5. The van der Waals surface area contributed by atoms with E-state index in [0.717, 1.165) is 32.0 Å². The first-order valence-electron chi connectivity index (χ1n) is 8.31. The molecule has 8 nitrogen and oxygen atoms in total. The third-order valence-corrected chi connectivity index (χ3v) is 4.06. The molecule has 0 spiro atoms. The Morgan fingerprint density at radius 2 is 1.79 bits per heavy atom. The molecule has 2 aromatic heterocycles. The van der Waals surface area contributed by atoms with Crippen LogP contribution in [0.4, 0.5) is 5.82 Å². The van der Waals surface area contributed by atoms with E-state index in [1.165, 1.54) is 0 Å². The van der Waals surface area contributed by atoms with Gasteiger partial charge >= 0.3 is 0 Å². The molecule has 2 aromatic rings. The van der Waals surface area contributed by atoms with Gasteiger partial charge in [0.25, 0.3) is 5.88 Å². The third kappa shape index (κ3) is 3.64. The maximum absolute atomic E-state index is 5.78. The number of rotatable bonds is 5. The van der Waals surface area contributed by atoms with Crippen LogP contribution in [-0.2, 0) is 0 Å². The molecule has 1 fully saturated rings. The Labute approximate surface area is 141 Å². The highest BCUT2D eigenvalue weighted by molar-refractivity contribution is 5.48. The van der Waals surface area contributed by atoms with Crippen molar-refractivity contribution in [2.24, 2.45) is 0 Å². The smallest absolute Gasteiger partial charge is 0.257 e. The zero-order valence-corrected chi connectivity index (χ0v) is 14.6. The summed E-state index contributed by atoms with van der Waals surface area (Å²) in [5, 5.41) is 3.88. The Balaban J connectivity index is 1.65. The summed E-state index contributed by atoms with van der Waals surface area (Å²) in [6.45, 7) is 11.4. The molecule has 0 radical (unpaired) electrons. The molecule has 0 N–H and O–H groups in total. The van der Waals surface area contributed by atoms with Crippen molar-refractivity contribution in [3.8, 4) is 5.88 Å². The first kappa shape index (κ1) is 16.6. The molecular formula is C16H24N6O2. The molecule has 1 unspecified atom stereocenters. The number of piperazine rings is 1. The van der Waals surface area contributed by atoms with E-state index in [0.29, 0.717) is 17.6 Å². The second-order valence-electron chi connectivity index (χ2n) is 6.23. The summed E-state index contributed by atoms with van der Waals surface area (Å²) >= 11 is 0. The normalized spacial score (nSPS) is 17.3. The van der Waals surface area contributed by atoms with Gasteiger partial charge in [0.1, 0.15) is 0 Å². The van der Waals surface area contributed by atoms with Gasteiger partial charge in [-0.15, -0.1) is 0 Å². The summed E-state index contributed by atoms with van der Waals surface area (Å²) in [5.74, 6) is 2.75. The Morgan fingerprint density at radius 1 is 1.08 bits per heavy atom. The molecule has 0 bridgehead atoms. The third-order valence-electron chi connectivity index (χ3n) is 4.06. The van der Waals surface area contributed by atoms with Crippen LogP contribution in [0, 0.1) is 6.92 Å². The highest BCUT2D eigenvalue weighted by Gasteiger charge is 2.27. The van der Waals surface area contributed by atoms with Crippen molar-refractivity contribution >= 4 is 5.82 Å². The van der Waals surface area contributed by atoms with Crippen molar-refractivity contribution in [3.05, 3.63) is 24.1 Å². The van der Waals surface area contributed by atoms with Crippen LogP contribution < -0.4 is 9.64 Å². The minimum atomic E-state index is 0.0718. The number of hydrogen-bond acceptors (Lipinski definition) is 8. The number of nitrogens with zero attached hydrogens (tertiary/aromatic N) is 6. The second-order valence-corrected chi connectivity index (χ2v) is 6.23. The molecule has 3 rings (SSSR count). The minimum Gasteiger partial charge on any atom is -0.472 e. The topological polar surface area (TPSA) is 80.4 Å². The van der Waals surface area contributed by atoms with Gasteiger partial charge in [-0.1, -0.05) is 5.16 Å². The molecule has 1 saturated heterocycles. The maximum atomic E-state index is 5.78. The zero-order chi connectivity index (χ0) is 17.1. The average molecular weight is 332 g/mol. The van der Waals surface area contributed by atoms with Crippen molar-refractivity contribution < 1.29 is 9.26 Å². The Bertz CT molecular complexity index is 666. The van der Waals surface area contributed by atoms with Gasteiger partial charge in [-0.25, -0.2) is 9.97 Å². The number of anilines is 1. The van der Waals surface area contributed by atoms with Crippen LogP contribution in [0.5, 0.6) is 5.88 Å². The molecule has 0 amide bonds. The lowest BCUT2D eigenvalue weighted by Crippen LogP contribution is -2.47. The summed E-state index contributed by atoms with van der Waals surface area (Å²) in [6.07, 6.45) is 3.44. The molecule has 0 aromatic carbocycles. The Kier molecular flexibility index (Phi) is 4.94. The second kappa shape index (κ2) is 7.12. The summed E-state index contributed by atoms with van der Waals surface area (Å²) in [6, 6.07) is 0.113. The van der Waals surface area contributed by atoms with E-state index in [4.69, 9.17) is 9.26 Å². The quantitative estimate of drug-likeness (QED) is 0.820. The predicted molar refractivity (Wildman–Crippen MR) is 89.0 cm³/mol. The molecule has 3 heterocycles. The Morgan fingerprint density at radius 3 is 2.42 bits per heavy atom. The monoisotopic (exact) mass is 332 g/mol. The van der Waals surface area contributed by atoms with Crippen LogP contribution in [0.25, 0.3) is 0 Å². The fraction of sp³-hybridized carbons (Fsp3) is 0.625. The maximum Gasteiger partial charge on any atom is 0.257 e. The summed E-state index contributed by atoms with van der Waals surface area (Å²) in [4.78, 5) is 17.7. The molecule has 1 aliphatic heterocycles. The lowest BCUT2D eigenvalue weighted by Gasteiger charge is -2.37. The van der Waals surface area contributed by atoms with Gasteiger partial charge in [-0.2, -0.15) is 4.98 Å². The van der Waals surface area contributed by atoms with Crippen molar-refractivity contribution in [3.63, 3.8) is 0 Å². The van der Waals surface area contributed by atoms with Crippen molar-refractivity contribution in [1.82, 2.24) is 25.0 Å². The van der Waals surface area contributed by atoms with Gasteiger partial charge in [-0.05, 0) is 27.7 Å². The predicted octanol–water partition coefficient (Wildman–Crippen LogP) is 1.84. The molecular weight excluding hydrogens is 308 g/mol. The van der Waals surface area contributed by atoms with Crippen LogP contribution >= 0.6 is 0 Å². The molecule has 1 atom stereocenters. The van der Waals surface area contributed by atoms with E-state index in [2.05, 4.69) is 36.8 Å². The molecule has 8 heteroatoms. The number of aromatic nitrogens is 4. The van der Waals surface area contributed by atoms with Crippen molar-refractivity contribution in [1.29, 1.82) is 0 Å². The van der Waals surface area contributed by atoms with Crippen LogP contribution in [-0.4, -0.2) is 57.3 Å². The van der Waals surface area contributed by atoms with E-state index in [1.807, 2.05) is 20.8 Å². The van der Waals surface area contributed by atoms with E-state index < -0.39 is 0 Å². The summed E-state index contributed by atoms with van der Waals surface area (Å²) in [5.41, 5.74) is 0. The first-order valence-corrected chi connectivity index (χ1v) is 8.31. The minimum absolute atomic E-state index is 0.0718. The summed E-state index contributed by atoms with van der Waals surface area (Å²) in [7, 11) is 0. The summed E-state index contributed by atoms with van der Waals surface area (Å²) < 4.78 is 11.1. The first-order chi connectivity index (χ1) is 11.5. The van der Waals surface area contributed by atoms with Gasteiger partial charge in [0.2, 0.25) is 5.89 Å². The van der Waals surface area contributed by atoms with E-state index in [1.54, 1.807) is 12.4 Å². The SMILES string of the molecule is Cc1noc(C(C)N2CCN(c3nccnc3OC(C)C)CC2)n1. The largest absolute Gasteiger partial charge is 0.472 e. The van der Waals surface area contributed by atoms with Crippen molar-refractivity contribution in [2.45, 2.75) is 39.8 Å². The van der Waals surface area contributed by atoms with Crippen LogP contribution in [0.2, 0.25) is 0 Å². The van der Waals surface area contributed by atoms with Crippen LogP contribution in [0.15, 0.2) is 16.9 Å². The molecule has 0 aliphatic carbocycles. The fourth-order valence-corrected chi connectivity index (χ4v) is 2.80. The molecule has 24 heavy (non-hydrogen) atoms. The van der Waals surface area contributed by atoms with Crippen molar-refractivity contribution in [2.75, 3.05) is 31.1 Å². The van der Waals surface area contributed by atoms with E-state index in [-0.39, 0.29) is 12.1 Å². The molecule has 1 aliphatic rings. The Hall–Kier alpha value is -2.22. The number of aryl methyl sites for hydroxylation is 1. The molecule has 130 valence electrons. The van der Waals surface area contributed by atoms with Gasteiger partial charge in [-0.3, -0.25) is 4.90 Å². The number of hydrogen-bond donors (Lipinski definition) is 0. The standard InChI is InChI=1S/C16H24N6O2/c1-11(2)23-16-14(17-5-6-18-16)22-9-7-21(8-10-22)12(3)15-19-13(4)20-24-15/h5-6,11-12H,7-10H2,1-4H3. The van der Waals surface area contributed by atoms with E-state index >= 15 is 0 Å². The highest BCUT2D eigenvalue weighted by Crippen LogP contribution is 2.27. The van der Waals surface area contributed by atoms with Gasteiger partial charge < -0.3 is 14.2 Å². The van der Waals surface area contributed by atoms with Gasteiger partial charge in [0.15, 0.2) is 11.6 Å². The molecule has 0 saturated carbocycles. The number of ether oxygens (including phenoxy) is 1. The zero-order valence-electron chi connectivity index (χ0n) is 14.6. The van der Waals surface area contributed by atoms with E-state index in [9.17, 15) is 0 Å². The fourth-order valence-electron chi connectivity index (χ4n) is 2.80. The van der Waals surface area contributed by atoms with Gasteiger partial charge in [0, 0.05) is 38.6 Å². The average Bonchev–Trinajstić information content (AvgIpc) is 3.01. The lowest BCUT2D eigenvalue weighted by molar-refractivity contribution is 0.163. The van der Waals surface area contributed by atoms with Crippen LogP contribution in [0.3, 0.4) is 0 Å². The lowest BCUT2D eigenvalue weighted by atomic mass is 10.2.